The number of hydrogen-bond donors (Lipinski definition) is 2. The molecule has 1 atom stereocenters. The summed E-state index contributed by atoms with van der Waals surface area (Å²) in [5.74, 6) is 0.0172. The molecule has 0 aromatic heterocycles. The molecule has 1 fully saturated rings. The van der Waals surface area contributed by atoms with E-state index in [9.17, 15) is 4.79 Å². The lowest BCUT2D eigenvalue weighted by molar-refractivity contribution is -0.122. The van der Waals surface area contributed by atoms with Crippen LogP contribution in [0.1, 0.15) is 18.9 Å². The number of nitrogens with one attached hydrogen (secondary N) is 1. The van der Waals surface area contributed by atoms with Crippen molar-refractivity contribution < 1.29 is 9.53 Å². The fourth-order valence-electron chi connectivity index (χ4n) is 2.03. The zero-order chi connectivity index (χ0) is 12.3. The molecule has 1 amide bonds. The van der Waals surface area contributed by atoms with E-state index in [1.165, 1.54) is 0 Å². The molecule has 1 unspecified atom stereocenters. The first kappa shape index (κ1) is 11.9. The second kappa shape index (κ2) is 4.75. The van der Waals surface area contributed by atoms with E-state index in [0.29, 0.717) is 18.7 Å². The molecule has 0 bridgehead atoms. The fourth-order valence-corrected chi connectivity index (χ4v) is 2.03. The van der Waals surface area contributed by atoms with Crippen LogP contribution in [0.4, 0.5) is 5.69 Å². The summed E-state index contributed by atoms with van der Waals surface area (Å²) in [4.78, 5) is 11.9. The predicted molar refractivity (Wildman–Crippen MR) is 66.5 cm³/mol. The Bertz CT molecular complexity index is 412. The van der Waals surface area contributed by atoms with Gasteiger partial charge in [-0.15, -0.1) is 0 Å². The summed E-state index contributed by atoms with van der Waals surface area (Å²) in [6.45, 7) is 3.32. The van der Waals surface area contributed by atoms with Gasteiger partial charge in [-0.05, 0) is 31.0 Å². The van der Waals surface area contributed by atoms with Crippen LogP contribution in [0.5, 0.6) is 0 Å². The summed E-state index contributed by atoms with van der Waals surface area (Å²) in [7, 11) is 0. The molecular weight excluding hydrogens is 216 g/mol. The molecule has 0 aliphatic carbocycles. The predicted octanol–water partition coefficient (Wildman–Crippen LogP) is 1.11. The minimum atomic E-state index is -0.211. The molecule has 1 aromatic rings. The summed E-state index contributed by atoms with van der Waals surface area (Å²) in [6.07, 6.45) is 1.23. The van der Waals surface area contributed by atoms with Crippen molar-refractivity contribution >= 4 is 11.6 Å². The SMILES string of the molecule is CC1(NC(=O)Cc2cccc(N)c2)CCOC1. The second-order valence-electron chi connectivity index (χ2n) is 4.83. The van der Waals surface area contributed by atoms with E-state index in [1.54, 1.807) is 0 Å². The Balaban J connectivity index is 1.93. The van der Waals surface area contributed by atoms with Gasteiger partial charge in [0.1, 0.15) is 0 Å². The molecule has 3 N–H and O–H groups in total. The smallest absolute Gasteiger partial charge is 0.224 e. The van der Waals surface area contributed by atoms with Crippen molar-refractivity contribution in [3.63, 3.8) is 0 Å². The fraction of sp³-hybridized carbons (Fsp3) is 0.462. The quantitative estimate of drug-likeness (QED) is 0.770. The van der Waals surface area contributed by atoms with E-state index >= 15 is 0 Å². The van der Waals surface area contributed by atoms with Crippen LogP contribution in [0.15, 0.2) is 24.3 Å². The maximum absolute atomic E-state index is 11.9. The van der Waals surface area contributed by atoms with E-state index in [4.69, 9.17) is 10.5 Å². The van der Waals surface area contributed by atoms with Crippen molar-refractivity contribution in [3.8, 4) is 0 Å². The molecule has 0 radical (unpaired) electrons. The van der Waals surface area contributed by atoms with Crippen LogP contribution in [0.25, 0.3) is 0 Å². The van der Waals surface area contributed by atoms with Crippen LogP contribution < -0.4 is 11.1 Å². The summed E-state index contributed by atoms with van der Waals surface area (Å²) in [6, 6.07) is 7.41. The third-order valence-corrected chi connectivity index (χ3v) is 2.98. The number of anilines is 1. The molecule has 1 saturated heterocycles. The Morgan fingerprint density at radius 2 is 2.41 bits per heavy atom. The van der Waals surface area contributed by atoms with Gasteiger partial charge in [0.2, 0.25) is 5.91 Å². The van der Waals surface area contributed by atoms with Crippen molar-refractivity contribution in [2.45, 2.75) is 25.3 Å². The number of amides is 1. The summed E-state index contributed by atoms with van der Waals surface area (Å²) >= 11 is 0. The van der Waals surface area contributed by atoms with Gasteiger partial charge in [0.05, 0.1) is 18.6 Å². The third-order valence-electron chi connectivity index (χ3n) is 2.98. The number of carbonyl (C=O) groups is 1. The van der Waals surface area contributed by atoms with E-state index in [0.717, 1.165) is 18.6 Å². The topological polar surface area (TPSA) is 64.4 Å². The van der Waals surface area contributed by atoms with Crippen molar-refractivity contribution in [1.82, 2.24) is 5.32 Å². The molecule has 0 spiro atoms. The molecule has 17 heavy (non-hydrogen) atoms. The number of benzene rings is 1. The maximum atomic E-state index is 11.9. The average molecular weight is 234 g/mol. The Morgan fingerprint density at radius 3 is 3.06 bits per heavy atom. The number of nitrogens with two attached hydrogens (primary N) is 1. The van der Waals surface area contributed by atoms with Crippen molar-refractivity contribution in [3.05, 3.63) is 29.8 Å². The van der Waals surface area contributed by atoms with Gasteiger partial charge in [-0.3, -0.25) is 4.79 Å². The maximum Gasteiger partial charge on any atom is 0.224 e. The van der Waals surface area contributed by atoms with Crippen LogP contribution in [-0.2, 0) is 16.0 Å². The van der Waals surface area contributed by atoms with Gasteiger partial charge in [0.15, 0.2) is 0 Å². The Hall–Kier alpha value is -1.55. The number of ether oxygens (including phenoxy) is 1. The molecule has 2 rings (SSSR count). The lowest BCUT2D eigenvalue weighted by Crippen LogP contribution is -2.47. The molecule has 92 valence electrons. The van der Waals surface area contributed by atoms with Gasteiger partial charge < -0.3 is 15.8 Å². The first-order valence-corrected chi connectivity index (χ1v) is 5.81. The second-order valence-corrected chi connectivity index (χ2v) is 4.83. The van der Waals surface area contributed by atoms with Crippen molar-refractivity contribution in [1.29, 1.82) is 0 Å². The van der Waals surface area contributed by atoms with Crippen LogP contribution in [-0.4, -0.2) is 24.7 Å². The molecule has 4 nitrogen and oxygen atoms in total. The van der Waals surface area contributed by atoms with E-state index in [1.807, 2.05) is 31.2 Å². The summed E-state index contributed by atoms with van der Waals surface area (Å²) in [5.41, 5.74) is 7.08. The van der Waals surface area contributed by atoms with E-state index < -0.39 is 0 Å². The average Bonchev–Trinajstić information content (AvgIpc) is 2.64. The van der Waals surface area contributed by atoms with Gasteiger partial charge in [-0.25, -0.2) is 0 Å². The highest BCUT2D eigenvalue weighted by Gasteiger charge is 2.30. The van der Waals surface area contributed by atoms with Crippen LogP contribution in [0, 0.1) is 0 Å². The molecular formula is C13H18N2O2. The monoisotopic (exact) mass is 234 g/mol. The largest absolute Gasteiger partial charge is 0.399 e. The first-order valence-electron chi connectivity index (χ1n) is 5.81. The molecule has 1 aliphatic heterocycles. The van der Waals surface area contributed by atoms with Gasteiger partial charge in [-0.2, -0.15) is 0 Å². The first-order chi connectivity index (χ1) is 8.07. The lowest BCUT2D eigenvalue weighted by atomic mass is 10.0. The number of carbonyl (C=O) groups excluding carboxylic acids is 1. The minimum absolute atomic E-state index is 0.0172. The highest BCUT2D eigenvalue weighted by molar-refractivity contribution is 5.79. The van der Waals surface area contributed by atoms with Crippen LogP contribution in [0.2, 0.25) is 0 Å². The molecule has 1 aromatic carbocycles. The zero-order valence-corrected chi connectivity index (χ0v) is 10.0. The zero-order valence-electron chi connectivity index (χ0n) is 10.0. The van der Waals surface area contributed by atoms with E-state index in [-0.39, 0.29) is 11.4 Å². The molecule has 1 heterocycles. The number of nitrogen functional groups attached to an aromatic ring is 1. The van der Waals surface area contributed by atoms with Gasteiger partial charge >= 0.3 is 0 Å². The van der Waals surface area contributed by atoms with Crippen LogP contribution >= 0.6 is 0 Å². The number of hydrogen-bond acceptors (Lipinski definition) is 3. The third kappa shape index (κ3) is 3.20. The van der Waals surface area contributed by atoms with Crippen molar-refractivity contribution in [2.24, 2.45) is 0 Å². The highest BCUT2D eigenvalue weighted by atomic mass is 16.5. The standard InChI is InChI=1S/C13H18N2O2/c1-13(5-6-17-9-13)15-12(16)8-10-3-2-4-11(14)7-10/h2-4,7H,5-6,8-9,14H2,1H3,(H,15,16). The van der Waals surface area contributed by atoms with Crippen molar-refractivity contribution in [2.75, 3.05) is 18.9 Å². The van der Waals surface area contributed by atoms with Gasteiger partial charge in [0.25, 0.3) is 0 Å². The summed E-state index contributed by atoms with van der Waals surface area (Å²) in [5, 5.41) is 3.02. The Kier molecular flexibility index (Phi) is 3.33. The lowest BCUT2D eigenvalue weighted by Gasteiger charge is -2.23. The van der Waals surface area contributed by atoms with Gasteiger partial charge in [-0.1, -0.05) is 12.1 Å². The Morgan fingerprint density at radius 1 is 1.59 bits per heavy atom. The highest BCUT2D eigenvalue weighted by Crippen LogP contribution is 2.17. The molecule has 4 heteroatoms. The molecule has 1 aliphatic rings. The molecule has 0 saturated carbocycles. The van der Waals surface area contributed by atoms with Crippen LogP contribution in [0.3, 0.4) is 0 Å². The minimum Gasteiger partial charge on any atom is -0.399 e. The Labute approximate surface area is 101 Å². The normalized spacial score (nSPS) is 23.6. The number of rotatable bonds is 3. The van der Waals surface area contributed by atoms with Gasteiger partial charge in [0, 0.05) is 12.3 Å². The summed E-state index contributed by atoms with van der Waals surface area (Å²) < 4.78 is 5.30. The van der Waals surface area contributed by atoms with E-state index in [2.05, 4.69) is 5.32 Å².